The Kier molecular flexibility index (Phi) is 15.9. The second kappa shape index (κ2) is 21.5. The van der Waals surface area contributed by atoms with Gasteiger partial charge in [-0.05, 0) is 86.8 Å². The summed E-state index contributed by atoms with van der Waals surface area (Å²) in [6.45, 7) is 6.88. The summed E-state index contributed by atoms with van der Waals surface area (Å²) >= 11 is 0. The van der Waals surface area contributed by atoms with E-state index < -0.39 is 55.9 Å². The minimum Gasteiger partial charge on any atom is -0.497 e. The molecule has 5 aromatic rings. The topological polar surface area (TPSA) is 187 Å². The largest absolute Gasteiger partial charge is 0.497 e. The van der Waals surface area contributed by atoms with Crippen LogP contribution in [-0.4, -0.2) is 84.1 Å². The van der Waals surface area contributed by atoms with Crippen molar-refractivity contribution in [3.63, 3.8) is 0 Å². The third-order valence-corrected chi connectivity index (χ3v) is 13.8. The maximum Gasteiger partial charge on any atom is 0.351 e. The third-order valence-electron chi connectivity index (χ3n) is 10.8. The van der Waals surface area contributed by atoms with Gasteiger partial charge in [0.2, 0.25) is 0 Å². The standard InChI is InChI=1S/C48H53N6O9P/c1-33(2)54(34(3)4)64(57,31-13-27-49)63-43-41(62-46(44(43)60-30-28-50)53-29-26-42(52-47(53)56)51-45(55)35-14-9-7-10-15-35)32-61-48(36-16-11-8-12-17-36,37-18-22-39(58-5)23-19-37)38-20-24-40(59-6)25-21-38/h7-12,14-26,29,33-34,41,43-44,46H,13,30-32H2,1-6H3,(H,51,52,55,56)/t41-,43-,44-,46-,64?/m1/s1. The molecule has 4 aromatic carbocycles. The van der Waals surface area contributed by atoms with E-state index in [0.29, 0.717) is 17.1 Å². The van der Waals surface area contributed by atoms with Crippen LogP contribution in [0.15, 0.2) is 126 Å². The van der Waals surface area contributed by atoms with E-state index >= 15 is 4.57 Å². The van der Waals surface area contributed by atoms with Crippen molar-refractivity contribution in [2.24, 2.45) is 0 Å². The Morgan fingerprint density at radius 2 is 1.39 bits per heavy atom. The Balaban J connectivity index is 1.49. The quantitative estimate of drug-likeness (QED) is 0.0587. The molecule has 0 aliphatic carbocycles. The van der Waals surface area contributed by atoms with Crippen LogP contribution in [0.4, 0.5) is 5.82 Å². The van der Waals surface area contributed by atoms with Crippen LogP contribution in [0, 0.1) is 22.7 Å². The molecule has 1 saturated heterocycles. The summed E-state index contributed by atoms with van der Waals surface area (Å²) in [4.78, 5) is 31.1. The number of methoxy groups -OCH3 is 2. The summed E-state index contributed by atoms with van der Waals surface area (Å²) in [6.07, 6.45) is -3.70. The summed E-state index contributed by atoms with van der Waals surface area (Å²) in [7, 11) is -0.749. The van der Waals surface area contributed by atoms with Crippen molar-refractivity contribution in [2.75, 3.05) is 38.9 Å². The molecule has 1 aliphatic rings. The average Bonchev–Trinajstić information content (AvgIpc) is 3.63. The number of benzene rings is 4. The second-order valence-corrected chi connectivity index (χ2v) is 17.9. The number of carbonyl (C=O) groups excluding carboxylic acids is 1. The van der Waals surface area contributed by atoms with Crippen molar-refractivity contribution in [2.45, 2.75) is 76.3 Å². The molecule has 1 aliphatic heterocycles. The highest BCUT2D eigenvalue weighted by Crippen LogP contribution is 2.57. The third kappa shape index (κ3) is 10.4. The monoisotopic (exact) mass is 888 g/mol. The van der Waals surface area contributed by atoms with E-state index in [2.05, 4.69) is 16.4 Å². The normalized spacial score (nSPS) is 18.3. The summed E-state index contributed by atoms with van der Waals surface area (Å²) in [5, 5.41) is 22.2. The first-order valence-corrected chi connectivity index (χ1v) is 22.7. The van der Waals surface area contributed by atoms with Gasteiger partial charge >= 0.3 is 5.69 Å². The molecule has 334 valence electrons. The molecule has 0 radical (unpaired) electrons. The van der Waals surface area contributed by atoms with E-state index in [0.717, 1.165) is 16.7 Å². The highest BCUT2D eigenvalue weighted by atomic mass is 31.2. The van der Waals surface area contributed by atoms with Crippen LogP contribution in [0.2, 0.25) is 0 Å². The van der Waals surface area contributed by atoms with Crippen molar-refractivity contribution in [3.05, 3.63) is 154 Å². The van der Waals surface area contributed by atoms with Crippen LogP contribution < -0.4 is 20.5 Å². The molecule has 64 heavy (non-hydrogen) atoms. The van der Waals surface area contributed by atoms with E-state index in [1.807, 2.05) is 113 Å². The molecule has 1 fully saturated rings. The number of hydrogen-bond donors (Lipinski definition) is 1. The first-order chi connectivity index (χ1) is 30.9. The van der Waals surface area contributed by atoms with E-state index in [-0.39, 0.29) is 37.1 Å². The maximum atomic E-state index is 15.4. The second-order valence-electron chi connectivity index (χ2n) is 15.5. The predicted molar refractivity (Wildman–Crippen MR) is 240 cm³/mol. The molecule has 0 saturated carbocycles. The number of nitrogens with one attached hydrogen (secondary N) is 1. The number of rotatable bonds is 20. The Labute approximate surface area is 373 Å². The number of hydrogen-bond acceptors (Lipinski definition) is 12. The predicted octanol–water partition coefficient (Wildman–Crippen LogP) is 7.94. The lowest BCUT2D eigenvalue weighted by atomic mass is 9.80. The van der Waals surface area contributed by atoms with Crippen LogP contribution in [-0.2, 0) is 28.9 Å². The van der Waals surface area contributed by atoms with Gasteiger partial charge in [0.25, 0.3) is 13.4 Å². The van der Waals surface area contributed by atoms with Gasteiger partial charge in [-0.1, -0.05) is 72.8 Å². The molecule has 5 atom stereocenters. The van der Waals surface area contributed by atoms with Crippen molar-refractivity contribution in [1.82, 2.24) is 14.2 Å². The van der Waals surface area contributed by atoms with Gasteiger partial charge in [0.15, 0.2) is 6.23 Å². The smallest absolute Gasteiger partial charge is 0.351 e. The molecule has 0 spiro atoms. The van der Waals surface area contributed by atoms with Crippen LogP contribution >= 0.6 is 7.52 Å². The van der Waals surface area contributed by atoms with Crippen LogP contribution in [0.5, 0.6) is 11.5 Å². The van der Waals surface area contributed by atoms with Gasteiger partial charge in [-0.2, -0.15) is 15.5 Å². The fourth-order valence-electron chi connectivity index (χ4n) is 8.14. The highest BCUT2D eigenvalue weighted by molar-refractivity contribution is 7.56. The number of carbonyl (C=O) groups is 1. The summed E-state index contributed by atoms with van der Waals surface area (Å²) in [5.74, 6) is 0.788. The van der Waals surface area contributed by atoms with Gasteiger partial charge in [-0.25, -0.2) is 9.46 Å². The first kappa shape index (κ1) is 47.3. The molecule has 2 heterocycles. The zero-order chi connectivity index (χ0) is 45.9. The average molecular weight is 889 g/mol. The van der Waals surface area contributed by atoms with E-state index in [9.17, 15) is 20.1 Å². The first-order valence-electron chi connectivity index (χ1n) is 20.9. The molecule has 6 rings (SSSR count). The Morgan fingerprint density at radius 1 is 0.828 bits per heavy atom. The minimum atomic E-state index is -3.92. The lowest BCUT2D eigenvalue weighted by molar-refractivity contribution is -0.0964. The summed E-state index contributed by atoms with van der Waals surface area (Å²) < 4.78 is 56.5. The van der Waals surface area contributed by atoms with Crippen molar-refractivity contribution < 1.29 is 37.6 Å². The molecule has 0 bridgehead atoms. The summed E-state index contributed by atoms with van der Waals surface area (Å²) in [6, 6.07) is 38.1. The van der Waals surface area contributed by atoms with E-state index in [1.165, 1.54) is 16.8 Å². The Morgan fingerprint density at radius 3 is 1.91 bits per heavy atom. The Hall–Kier alpha value is -6.16. The van der Waals surface area contributed by atoms with Gasteiger partial charge in [-0.15, -0.1) is 0 Å². The van der Waals surface area contributed by atoms with E-state index in [1.54, 1.807) is 49.2 Å². The highest BCUT2D eigenvalue weighted by Gasteiger charge is 2.53. The van der Waals surface area contributed by atoms with Crippen LogP contribution in [0.1, 0.15) is 67.4 Å². The maximum absolute atomic E-state index is 15.4. The fourth-order valence-corrected chi connectivity index (χ4v) is 11.0. The number of aromatic nitrogens is 2. The van der Waals surface area contributed by atoms with Crippen LogP contribution in [0.3, 0.4) is 0 Å². The molecule has 1 N–H and O–H groups in total. The zero-order valence-corrected chi connectivity index (χ0v) is 37.6. The SMILES string of the molecule is COc1ccc(C(OC[C@H]2O[C@@H](n3ccc(NC(=O)c4ccccc4)nc3=O)[C@H](OCC#N)[C@@H]2OP(=O)(CCC#N)N(C(C)C)C(C)C)(c2ccccc2)c2ccc(OC)cc2)cc1. The number of nitrogens with zero attached hydrogens (tertiary/aromatic N) is 5. The van der Waals surface area contributed by atoms with Gasteiger partial charge in [0, 0.05) is 30.3 Å². The van der Waals surface area contributed by atoms with Crippen molar-refractivity contribution in [3.8, 4) is 23.6 Å². The minimum absolute atomic E-state index is 0.00702. The van der Waals surface area contributed by atoms with Gasteiger partial charge in [0.05, 0.1) is 39.1 Å². The number of amides is 1. The number of ether oxygens (including phenoxy) is 5. The molecule has 15 nitrogen and oxygen atoms in total. The number of anilines is 1. The number of nitriles is 2. The molecule has 1 unspecified atom stereocenters. The van der Waals surface area contributed by atoms with Gasteiger partial charge < -0.3 is 33.5 Å². The molecule has 1 aromatic heterocycles. The fraction of sp³-hybridized carbons (Fsp3) is 0.354. The Bertz CT molecular complexity index is 2450. The molecular formula is C48H53N6O9P. The van der Waals surface area contributed by atoms with Crippen LogP contribution in [0.25, 0.3) is 0 Å². The molecule has 1 amide bonds. The lowest BCUT2D eigenvalue weighted by Crippen LogP contribution is -2.44. The molecule has 16 heteroatoms. The lowest BCUT2D eigenvalue weighted by Gasteiger charge is -2.40. The van der Waals surface area contributed by atoms with E-state index in [4.69, 9.17) is 28.2 Å². The molecular weight excluding hydrogens is 836 g/mol. The summed E-state index contributed by atoms with van der Waals surface area (Å²) in [5.41, 5.74) is 0.456. The van der Waals surface area contributed by atoms with Gasteiger partial charge in [0.1, 0.15) is 47.8 Å². The zero-order valence-electron chi connectivity index (χ0n) is 36.7. The van der Waals surface area contributed by atoms with Crippen molar-refractivity contribution >= 4 is 19.2 Å². The van der Waals surface area contributed by atoms with Gasteiger partial charge in [-0.3, -0.25) is 13.9 Å². The van der Waals surface area contributed by atoms with Crippen molar-refractivity contribution in [1.29, 1.82) is 10.5 Å².